The maximum atomic E-state index is 12.4. The molecule has 21 heavy (non-hydrogen) atoms. The van der Waals surface area contributed by atoms with E-state index in [9.17, 15) is 4.79 Å². The number of nitrogens with one attached hydrogen (secondary N) is 2. The number of amides is 1. The van der Waals surface area contributed by atoms with Crippen LogP contribution in [0.3, 0.4) is 0 Å². The number of carbonyl (C=O) groups excluding carboxylic acids is 1. The molecule has 0 saturated heterocycles. The van der Waals surface area contributed by atoms with Gasteiger partial charge >= 0.3 is 0 Å². The lowest BCUT2D eigenvalue weighted by Gasteiger charge is -2.13. The van der Waals surface area contributed by atoms with E-state index in [0.717, 1.165) is 29.7 Å². The van der Waals surface area contributed by atoms with Crippen LogP contribution in [-0.4, -0.2) is 19.0 Å². The topological polar surface area (TPSA) is 41.1 Å². The minimum Gasteiger partial charge on any atom is -0.388 e. The summed E-state index contributed by atoms with van der Waals surface area (Å²) in [5.41, 5.74) is 5.57. The quantitative estimate of drug-likeness (QED) is 0.907. The van der Waals surface area contributed by atoms with Crippen molar-refractivity contribution >= 4 is 11.6 Å². The highest BCUT2D eigenvalue weighted by Crippen LogP contribution is 2.22. The van der Waals surface area contributed by atoms with Crippen LogP contribution >= 0.6 is 0 Å². The van der Waals surface area contributed by atoms with Crippen molar-refractivity contribution < 1.29 is 4.79 Å². The highest BCUT2D eigenvalue weighted by atomic mass is 16.1. The predicted octanol–water partition coefficient (Wildman–Crippen LogP) is 2.93. The molecule has 3 rings (SSSR count). The SMILES string of the molecule is CNc1ccc(C(=O)NC2Cc3ccccc3C2)cc1C. The highest BCUT2D eigenvalue weighted by Gasteiger charge is 2.22. The van der Waals surface area contributed by atoms with E-state index in [2.05, 4.69) is 34.9 Å². The zero-order valence-electron chi connectivity index (χ0n) is 12.4. The molecule has 0 saturated carbocycles. The van der Waals surface area contributed by atoms with E-state index in [-0.39, 0.29) is 11.9 Å². The number of aryl methyl sites for hydroxylation is 1. The summed E-state index contributed by atoms with van der Waals surface area (Å²) in [6.07, 6.45) is 1.85. The lowest BCUT2D eigenvalue weighted by Crippen LogP contribution is -2.35. The van der Waals surface area contributed by atoms with E-state index in [4.69, 9.17) is 0 Å². The van der Waals surface area contributed by atoms with E-state index in [1.54, 1.807) is 0 Å². The molecule has 2 aromatic rings. The molecule has 1 amide bonds. The number of carbonyl (C=O) groups is 1. The Bertz CT molecular complexity index is 654. The first-order valence-corrected chi connectivity index (χ1v) is 7.33. The van der Waals surface area contributed by atoms with Crippen LogP contribution in [0.25, 0.3) is 0 Å². The van der Waals surface area contributed by atoms with Crippen LogP contribution in [0.15, 0.2) is 42.5 Å². The summed E-state index contributed by atoms with van der Waals surface area (Å²) in [7, 11) is 1.89. The highest BCUT2D eigenvalue weighted by molar-refractivity contribution is 5.95. The van der Waals surface area contributed by atoms with Gasteiger partial charge in [-0.2, -0.15) is 0 Å². The van der Waals surface area contributed by atoms with Gasteiger partial charge in [-0.15, -0.1) is 0 Å². The van der Waals surface area contributed by atoms with Gasteiger partial charge in [-0.25, -0.2) is 0 Å². The molecule has 0 heterocycles. The minimum absolute atomic E-state index is 0.0126. The third kappa shape index (κ3) is 2.77. The van der Waals surface area contributed by atoms with Crippen LogP contribution in [0.1, 0.15) is 27.0 Å². The zero-order valence-corrected chi connectivity index (χ0v) is 12.4. The van der Waals surface area contributed by atoms with E-state index >= 15 is 0 Å². The van der Waals surface area contributed by atoms with Crippen molar-refractivity contribution in [1.82, 2.24) is 5.32 Å². The molecule has 0 unspecified atom stereocenters. The fourth-order valence-electron chi connectivity index (χ4n) is 3.02. The summed E-state index contributed by atoms with van der Waals surface area (Å²) in [6, 6.07) is 14.4. The summed E-state index contributed by atoms with van der Waals surface area (Å²) in [5.74, 6) is 0.0126. The smallest absolute Gasteiger partial charge is 0.251 e. The van der Waals surface area contributed by atoms with Gasteiger partial charge in [0.1, 0.15) is 0 Å². The normalized spacial score (nSPS) is 13.8. The molecule has 0 aromatic heterocycles. The van der Waals surface area contributed by atoms with Crippen LogP contribution in [0.2, 0.25) is 0 Å². The molecule has 0 fully saturated rings. The van der Waals surface area contributed by atoms with Gasteiger partial charge in [-0.3, -0.25) is 4.79 Å². The first-order valence-electron chi connectivity index (χ1n) is 7.33. The Balaban J connectivity index is 1.69. The largest absolute Gasteiger partial charge is 0.388 e. The Morgan fingerprint density at radius 2 is 1.76 bits per heavy atom. The third-order valence-electron chi connectivity index (χ3n) is 4.14. The third-order valence-corrected chi connectivity index (χ3v) is 4.14. The molecule has 0 aliphatic heterocycles. The molecule has 1 aliphatic rings. The van der Waals surface area contributed by atoms with Crippen LogP contribution in [0.4, 0.5) is 5.69 Å². The van der Waals surface area contributed by atoms with Crippen molar-refractivity contribution in [3.05, 3.63) is 64.7 Å². The average Bonchev–Trinajstić information content (AvgIpc) is 2.89. The van der Waals surface area contributed by atoms with E-state index < -0.39 is 0 Å². The van der Waals surface area contributed by atoms with Crippen molar-refractivity contribution in [3.63, 3.8) is 0 Å². The fourth-order valence-corrected chi connectivity index (χ4v) is 3.02. The van der Waals surface area contributed by atoms with E-state index in [0.29, 0.717) is 0 Å². The molecule has 0 bridgehead atoms. The fraction of sp³-hybridized carbons (Fsp3) is 0.278. The lowest BCUT2D eigenvalue weighted by atomic mass is 10.1. The Kier molecular flexibility index (Phi) is 3.65. The second kappa shape index (κ2) is 5.60. The van der Waals surface area contributed by atoms with Crippen LogP contribution < -0.4 is 10.6 Å². The second-order valence-electron chi connectivity index (χ2n) is 5.63. The number of rotatable bonds is 3. The van der Waals surface area contributed by atoms with Crippen LogP contribution in [0.5, 0.6) is 0 Å². The van der Waals surface area contributed by atoms with E-state index in [1.165, 1.54) is 11.1 Å². The molecular weight excluding hydrogens is 260 g/mol. The Hall–Kier alpha value is -2.29. The summed E-state index contributed by atoms with van der Waals surface area (Å²) in [5, 5.41) is 6.26. The average molecular weight is 280 g/mol. The zero-order chi connectivity index (χ0) is 14.8. The Morgan fingerprint density at radius 1 is 1.10 bits per heavy atom. The van der Waals surface area contributed by atoms with Gasteiger partial charge in [-0.1, -0.05) is 24.3 Å². The van der Waals surface area contributed by atoms with E-state index in [1.807, 2.05) is 32.2 Å². The first-order chi connectivity index (χ1) is 10.2. The summed E-state index contributed by atoms with van der Waals surface area (Å²) >= 11 is 0. The molecule has 1 aliphatic carbocycles. The molecule has 0 radical (unpaired) electrons. The molecule has 0 atom stereocenters. The van der Waals surface area contributed by atoms with Crippen molar-refractivity contribution in [2.45, 2.75) is 25.8 Å². The molecule has 2 aromatic carbocycles. The summed E-state index contributed by atoms with van der Waals surface area (Å²) < 4.78 is 0. The van der Waals surface area contributed by atoms with Crippen LogP contribution in [-0.2, 0) is 12.8 Å². The van der Waals surface area contributed by atoms with Gasteiger partial charge in [0.25, 0.3) is 5.91 Å². The molecule has 2 N–H and O–H groups in total. The monoisotopic (exact) mass is 280 g/mol. The molecule has 3 nitrogen and oxygen atoms in total. The minimum atomic E-state index is 0.0126. The van der Waals surface area contributed by atoms with Crippen LogP contribution in [0, 0.1) is 6.92 Å². The maximum Gasteiger partial charge on any atom is 0.251 e. The standard InChI is InChI=1S/C18H20N2O/c1-12-9-15(7-8-17(12)19-2)18(21)20-16-10-13-5-3-4-6-14(13)11-16/h3-9,16,19H,10-11H2,1-2H3,(H,20,21). The molecule has 3 heteroatoms. The van der Waals surface area contributed by atoms with Crippen molar-refractivity contribution in [3.8, 4) is 0 Å². The van der Waals surface area contributed by atoms with Gasteiger partial charge in [0.15, 0.2) is 0 Å². The second-order valence-corrected chi connectivity index (χ2v) is 5.63. The number of hydrogen-bond donors (Lipinski definition) is 2. The van der Waals surface area contributed by atoms with Crippen molar-refractivity contribution in [2.75, 3.05) is 12.4 Å². The Morgan fingerprint density at radius 3 is 2.33 bits per heavy atom. The van der Waals surface area contributed by atoms with Gasteiger partial charge in [0, 0.05) is 24.3 Å². The van der Waals surface area contributed by atoms with Crippen molar-refractivity contribution in [2.24, 2.45) is 0 Å². The van der Waals surface area contributed by atoms with Gasteiger partial charge in [0.2, 0.25) is 0 Å². The number of anilines is 1. The number of hydrogen-bond acceptors (Lipinski definition) is 2. The summed E-state index contributed by atoms with van der Waals surface area (Å²) in [6.45, 7) is 2.01. The number of fused-ring (bicyclic) bond motifs is 1. The molecule has 108 valence electrons. The van der Waals surface area contributed by atoms with Gasteiger partial charge in [-0.05, 0) is 54.7 Å². The first kappa shape index (κ1) is 13.7. The molecule has 0 spiro atoms. The van der Waals surface area contributed by atoms with Gasteiger partial charge < -0.3 is 10.6 Å². The maximum absolute atomic E-state index is 12.4. The summed E-state index contributed by atoms with van der Waals surface area (Å²) in [4.78, 5) is 12.4. The lowest BCUT2D eigenvalue weighted by molar-refractivity contribution is 0.0938. The Labute approximate surface area is 125 Å². The number of benzene rings is 2. The van der Waals surface area contributed by atoms with Crippen molar-refractivity contribution in [1.29, 1.82) is 0 Å². The predicted molar refractivity (Wildman–Crippen MR) is 85.8 cm³/mol. The van der Waals surface area contributed by atoms with Gasteiger partial charge in [0.05, 0.1) is 0 Å². The molecular formula is C18H20N2O.